The van der Waals surface area contributed by atoms with Gasteiger partial charge in [0.1, 0.15) is 5.75 Å². The van der Waals surface area contributed by atoms with Crippen LogP contribution in [-0.2, 0) is 9.59 Å². The Balaban J connectivity index is 1.78. The first-order chi connectivity index (χ1) is 12.5. The van der Waals surface area contributed by atoms with Crippen molar-refractivity contribution in [2.24, 2.45) is 0 Å². The molecule has 150 valence electrons. The predicted molar refractivity (Wildman–Crippen MR) is 108 cm³/mol. The van der Waals surface area contributed by atoms with Gasteiger partial charge in [-0.3, -0.25) is 14.5 Å². The monoisotopic (exact) mass is 435 g/mol. The van der Waals surface area contributed by atoms with Crippen molar-refractivity contribution in [3.63, 3.8) is 0 Å². The number of hydrogen-bond acceptors (Lipinski definition) is 4. The van der Waals surface area contributed by atoms with Gasteiger partial charge in [0.15, 0.2) is 6.61 Å². The number of nitrogens with zero attached hydrogens (tertiary/aromatic N) is 2. The molecule has 0 spiro atoms. The van der Waals surface area contributed by atoms with Gasteiger partial charge in [-0.1, -0.05) is 34.8 Å². The van der Waals surface area contributed by atoms with E-state index in [1.54, 1.807) is 4.90 Å². The van der Waals surface area contributed by atoms with Crippen molar-refractivity contribution in [1.82, 2.24) is 15.1 Å². The molecule has 6 nitrogen and oxygen atoms in total. The molecule has 2 rings (SSSR count). The van der Waals surface area contributed by atoms with Gasteiger partial charge in [0.25, 0.3) is 5.91 Å². The van der Waals surface area contributed by atoms with Crippen LogP contribution in [0.15, 0.2) is 12.1 Å². The zero-order chi connectivity index (χ0) is 20.2. The summed E-state index contributed by atoms with van der Waals surface area (Å²) in [5.41, 5.74) is -0.252. The van der Waals surface area contributed by atoms with Gasteiger partial charge < -0.3 is 15.0 Å². The summed E-state index contributed by atoms with van der Waals surface area (Å²) >= 11 is 17.9. The number of carbonyl (C=O) groups excluding carboxylic acids is 2. The standard InChI is InChI=1S/C18H24Cl3N3O3/c1-18(2,3)22-16(25)10-23-4-6-24(7-5-23)17(26)11-27-15-9-13(20)12(19)8-14(15)21/h8-9H,4-7,10-11H2,1-3H3,(H,22,25). The summed E-state index contributed by atoms with van der Waals surface area (Å²) in [7, 11) is 0. The fourth-order valence-electron chi connectivity index (χ4n) is 2.66. The molecule has 1 aromatic carbocycles. The third-order valence-corrected chi connectivity index (χ3v) is 4.95. The smallest absolute Gasteiger partial charge is 0.260 e. The fourth-order valence-corrected chi connectivity index (χ4v) is 3.25. The van der Waals surface area contributed by atoms with Crippen LogP contribution in [0, 0.1) is 0 Å². The third kappa shape index (κ3) is 7.03. The van der Waals surface area contributed by atoms with Crippen LogP contribution in [0.2, 0.25) is 15.1 Å². The fraction of sp³-hybridized carbons (Fsp3) is 0.556. The lowest BCUT2D eigenvalue weighted by Gasteiger charge is -2.34. The highest BCUT2D eigenvalue weighted by molar-refractivity contribution is 6.43. The van der Waals surface area contributed by atoms with E-state index in [0.717, 1.165) is 0 Å². The minimum Gasteiger partial charge on any atom is -0.482 e. The van der Waals surface area contributed by atoms with Crippen LogP contribution in [0.25, 0.3) is 0 Å². The number of carbonyl (C=O) groups is 2. The highest BCUT2D eigenvalue weighted by Gasteiger charge is 2.24. The number of benzene rings is 1. The zero-order valence-electron chi connectivity index (χ0n) is 15.7. The maximum absolute atomic E-state index is 12.4. The van der Waals surface area contributed by atoms with E-state index in [0.29, 0.717) is 53.5 Å². The van der Waals surface area contributed by atoms with E-state index in [-0.39, 0.29) is 24.0 Å². The van der Waals surface area contributed by atoms with Crippen LogP contribution in [0.5, 0.6) is 5.75 Å². The van der Waals surface area contributed by atoms with Crippen LogP contribution in [0.4, 0.5) is 0 Å². The predicted octanol–water partition coefficient (Wildman–Crippen LogP) is 3.08. The Kier molecular flexibility index (Phi) is 7.63. The maximum Gasteiger partial charge on any atom is 0.260 e. The van der Waals surface area contributed by atoms with Crippen molar-refractivity contribution in [2.45, 2.75) is 26.3 Å². The highest BCUT2D eigenvalue weighted by Crippen LogP contribution is 2.33. The van der Waals surface area contributed by atoms with E-state index in [2.05, 4.69) is 5.32 Å². The maximum atomic E-state index is 12.4. The van der Waals surface area contributed by atoms with Gasteiger partial charge in [-0.25, -0.2) is 0 Å². The lowest BCUT2D eigenvalue weighted by atomic mass is 10.1. The SMILES string of the molecule is CC(C)(C)NC(=O)CN1CCN(C(=O)COc2cc(Cl)c(Cl)cc2Cl)CC1. The summed E-state index contributed by atoms with van der Waals surface area (Å²) < 4.78 is 5.49. The van der Waals surface area contributed by atoms with Crippen molar-refractivity contribution in [3.8, 4) is 5.75 Å². The molecular formula is C18H24Cl3N3O3. The first-order valence-corrected chi connectivity index (χ1v) is 9.77. The number of piperazine rings is 1. The normalized spacial score (nSPS) is 15.6. The molecule has 0 aliphatic carbocycles. The van der Waals surface area contributed by atoms with Gasteiger partial charge in [0, 0.05) is 37.8 Å². The molecule has 0 unspecified atom stereocenters. The molecule has 1 aromatic rings. The molecule has 0 atom stereocenters. The minimum atomic E-state index is -0.252. The largest absolute Gasteiger partial charge is 0.482 e. The summed E-state index contributed by atoms with van der Waals surface area (Å²) in [6, 6.07) is 2.97. The summed E-state index contributed by atoms with van der Waals surface area (Å²) in [5.74, 6) is 0.160. The lowest BCUT2D eigenvalue weighted by Crippen LogP contribution is -2.53. The molecule has 1 heterocycles. The third-order valence-electron chi connectivity index (χ3n) is 3.93. The second-order valence-electron chi connectivity index (χ2n) is 7.44. The molecule has 1 N–H and O–H groups in total. The quantitative estimate of drug-likeness (QED) is 0.721. The molecule has 1 fully saturated rings. The topological polar surface area (TPSA) is 61.9 Å². The van der Waals surface area contributed by atoms with Crippen LogP contribution in [0.3, 0.4) is 0 Å². The van der Waals surface area contributed by atoms with Crippen LogP contribution < -0.4 is 10.1 Å². The Morgan fingerprint density at radius 2 is 1.63 bits per heavy atom. The molecule has 0 saturated carbocycles. The molecule has 0 radical (unpaired) electrons. The van der Waals surface area contributed by atoms with Crippen LogP contribution in [0.1, 0.15) is 20.8 Å². The first-order valence-electron chi connectivity index (χ1n) is 8.63. The average molecular weight is 437 g/mol. The van der Waals surface area contributed by atoms with Gasteiger partial charge in [-0.05, 0) is 26.8 Å². The van der Waals surface area contributed by atoms with E-state index >= 15 is 0 Å². The second kappa shape index (κ2) is 9.32. The zero-order valence-corrected chi connectivity index (χ0v) is 17.9. The Morgan fingerprint density at radius 1 is 1.04 bits per heavy atom. The average Bonchev–Trinajstić information content (AvgIpc) is 2.55. The molecule has 2 amide bonds. The van der Waals surface area contributed by atoms with Crippen molar-refractivity contribution in [2.75, 3.05) is 39.3 Å². The van der Waals surface area contributed by atoms with Gasteiger partial charge >= 0.3 is 0 Å². The lowest BCUT2D eigenvalue weighted by molar-refractivity contribution is -0.135. The first kappa shape index (κ1) is 22.1. The Morgan fingerprint density at radius 3 is 2.22 bits per heavy atom. The van der Waals surface area contributed by atoms with E-state index in [4.69, 9.17) is 39.5 Å². The minimum absolute atomic E-state index is 0.0140. The van der Waals surface area contributed by atoms with Crippen LogP contribution in [-0.4, -0.2) is 66.5 Å². The van der Waals surface area contributed by atoms with Crippen molar-refractivity contribution < 1.29 is 14.3 Å². The van der Waals surface area contributed by atoms with Gasteiger partial charge in [0.05, 0.1) is 21.6 Å². The highest BCUT2D eigenvalue weighted by atomic mass is 35.5. The Bertz CT molecular complexity index is 699. The molecule has 0 aromatic heterocycles. The summed E-state index contributed by atoms with van der Waals surface area (Å²) in [6.07, 6.45) is 0. The van der Waals surface area contributed by atoms with Crippen molar-refractivity contribution in [1.29, 1.82) is 0 Å². The van der Waals surface area contributed by atoms with Crippen molar-refractivity contribution >= 4 is 46.6 Å². The Hall–Kier alpha value is -1.21. The molecule has 27 heavy (non-hydrogen) atoms. The van der Waals surface area contributed by atoms with Gasteiger partial charge in [0.2, 0.25) is 5.91 Å². The van der Waals surface area contributed by atoms with E-state index in [1.807, 2.05) is 25.7 Å². The number of halogens is 3. The summed E-state index contributed by atoms with van der Waals surface area (Å²) in [4.78, 5) is 28.1. The van der Waals surface area contributed by atoms with E-state index in [9.17, 15) is 9.59 Å². The molecule has 1 aliphatic rings. The van der Waals surface area contributed by atoms with E-state index < -0.39 is 0 Å². The number of ether oxygens (including phenoxy) is 1. The summed E-state index contributed by atoms with van der Waals surface area (Å²) in [5, 5.41) is 3.87. The number of nitrogens with one attached hydrogen (secondary N) is 1. The number of hydrogen-bond donors (Lipinski definition) is 1. The second-order valence-corrected chi connectivity index (χ2v) is 8.66. The molecular weight excluding hydrogens is 413 g/mol. The summed E-state index contributed by atoms with van der Waals surface area (Å²) in [6.45, 7) is 8.38. The number of rotatable bonds is 5. The molecule has 0 bridgehead atoms. The Labute approximate surface area is 174 Å². The van der Waals surface area contributed by atoms with Crippen molar-refractivity contribution in [3.05, 3.63) is 27.2 Å². The molecule has 1 saturated heterocycles. The van der Waals surface area contributed by atoms with Gasteiger partial charge in [-0.15, -0.1) is 0 Å². The van der Waals surface area contributed by atoms with Gasteiger partial charge in [-0.2, -0.15) is 0 Å². The molecule has 1 aliphatic heterocycles. The van der Waals surface area contributed by atoms with E-state index in [1.165, 1.54) is 12.1 Å². The van der Waals surface area contributed by atoms with Crippen LogP contribution >= 0.6 is 34.8 Å². The molecule has 9 heteroatoms. The number of amides is 2.